The fourth-order valence-electron chi connectivity index (χ4n) is 3.58. The summed E-state index contributed by atoms with van der Waals surface area (Å²) in [4.78, 5) is 23.4. The predicted octanol–water partition coefficient (Wildman–Crippen LogP) is 2.49. The molecule has 1 saturated heterocycles. The van der Waals surface area contributed by atoms with Gasteiger partial charge >= 0.3 is 0 Å². The fraction of sp³-hybridized carbons (Fsp3) is 0.400. The second-order valence-electron chi connectivity index (χ2n) is 7.10. The third-order valence-electron chi connectivity index (χ3n) is 4.92. The molecule has 0 aliphatic carbocycles. The zero-order valence-corrected chi connectivity index (χ0v) is 15.9. The van der Waals surface area contributed by atoms with Crippen molar-refractivity contribution < 1.29 is 13.9 Å². The fourth-order valence-corrected chi connectivity index (χ4v) is 3.58. The quantitative estimate of drug-likeness (QED) is 0.677. The Hall–Kier alpha value is -3.03. The molecule has 0 N–H and O–H groups in total. The Morgan fingerprint density at radius 1 is 1.25 bits per heavy atom. The lowest BCUT2D eigenvalue weighted by Crippen LogP contribution is -2.40. The average molecular weight is 383 g/mol. The van der Waals surface area contributed by atoms with Crippen LogP contribution in [0.1, 0.15) is 30.1 Å². The van der Waals surface area contributed by atoms with E-state index in [1.165, 1.54) is 12.1 Å². The van der Waals surface area contributed by atoms with E-state index in [4.69, 9.17) is 4.74 Å². The molecule has 1 aliphatic rings. The van der Waals surface area contributed by atoms with E-state index in [1.54, 1.807) is 16.6 Å². The Bertz CT molecular complexity index is 1000. The molecule has 1 unspecified atom stereocenters. The Morgan fingerprint density at radius 2 is 2.04 bits per heavy atom. The molecule has 1 fully saturated rings. The molecule has 4 rings (SSSR count). The van der Waals surface area contributed by atoms with Crippen LogP contribution in [0.2, 0.25) is 0 Å². The molecular weight excluding hydrogens is 361 g/mol. The zero-order valence-electron chi connectivity index (χ0n) is 15.9. The van der Waals surface area contributed by atoms with Crippen LogP contribution < -0.4 is 4.74 Å². The van der Waals surface area contributed by atoms with Gasteiger partial charge in [-0.1, -0.05) is 0 Å². The third kappa shape index (κ3) is 3.81. The van der Waals surface area contributed by atoms with Gasteiger partial charge in [-0.15, -0.1) is 5.10 Å². The number of hydrogen-bond acceptors (Lipinski definition) is 5. The molecule has 3 aromatic rings. The molecule has 1 atom stereocenters. The predicted molar refractivity (Wildman–Crippen MR) is 101 cm³/mol. The first-order valence-corrected chi connectivity index (χ1v) is 9.37. The Balaban J connectivity index is 1.42. The Labute approximate surface area is 162 Å². The first kappa shape index (κ1) is 18.3. The van der Waals surface area contributed by atoms with Crippen molar-refractivity contribution >= 4 is 11.7 Å². The van der Waals surface area contributed by atoms with Crippen molar-refractivity contribution in [3.63, 3.8) is 0 Å². The van der Waals surface area contributed by atoms with Crippen molar-refractivity contribution in [2.24, 2.45) is 0 Å². The molecule has 0 bridgehead atoms. The zero-order chi connectivity index (χ0) is 19.7. The molecule has 0 spiro atoms. The number of amides is 1. The number of carbonyl (C=O) groups is 1. The molecule has 7 nitrogen and oxygen atoms in total. The van der Waals surface area contributed by atoms with Crippen molar-refractivity contribution in [3.8, 4) is 5.75 Å². The molecule has 28 heavy (non-hydrogen) atoms. The van der Waals surface area contributed by atoms with Gasteiger partial charge in [-0.25, -0.2) is 13.9 Å². The second-order valence-corrected chi connectivity index (χ2v) is 7.10. The number of hydrogen-bond donors (Lipinski definition) is 0. The van der Waals surface area contributed by atoms with Crippen molar-refractivity contribution in [3.05, 3.63) is 53.4 Å². The Morgan fingerprint density at radius 3 is 2.82 bits per heavy atom. The summed E-state index contributed by atoms with van der Waals surface area (Å²) in [7, 11) is 0. The lowest BCUT2D eigenvalue weighted by Gasteiger charge is -2.24. The van der Waals surface area contributed by atoms with Gasteiger partial charge in [-0.3, -0.25) is 4.79 Å². The number of rotatable bonds is 5. The maximum absolute atomic E-state index is 13.0. The molecule has 146 valence electrons. The molecule has 8 heteroatoms. The average Bonchev–Trinajstić information content (AvgIpc) is 3.28. The highest BCUT2D eigenvalue weighted by atomic mass is 19.1. The highest BCUT2D eigenvalue weighted by Gasteiger charge is 2.30. The van der Waals surface area contributed by atoms with Crippen molar-refractivity contribution in [1.29, 1.82) is 0 Å². The number of carbonyl (C=O) groups excluding carboxylic acids is 1. The first-order chi connectivity index (χ1) is 13.5. The van der Waals surface area contributed by atoms with Gasteiger partial charge in [0.25, 0.3) is 5.78 Å². The molecule has 3 heterocycles. The monoisotopic (exact) mass is 383 g/mol. The van der Waals surface area contributed by atoms with Gasteiger partial charge in [0.15, 0.2) is 5.82 Å². The molecule has 1 aliphatic heterocycles. The van der Waals surface area contributed by atoms with Crippen molar-refractivity contribution in [2.75, 3.05) is 13.2 Å². The van der Waals surface area contributed by atoms with Crippen molar-refractivity contribution in [1.82, 2.24) is 24.5 Å². The normalized spacial score (nSPS) is 16.7. The van der Waals surface area contributed by atoms with E-state index in [2.05, 4.69) is 15.1 Å². The van der Waals surface area contributed by atoms with Crippen LogP contribution >= 0.6 is 0 Å². The van der Waals surface area contributed by atoms with E-state index < -0.39 is 0 Å². The van der Waals surface area contributed by atoms with Crippen LogP contribution in [0.3, 0.4) is 0 Å². The van der Waals surface area contributed by atoms with Crippen LogP contribution in [0.4, 0.5) is 4.39 Å². The summed E-state index contributed by atoms with van der Waals surface area (Å²) in [5.74, 6) is 1.26. The number of benzene rings is 1. The van der Waals surface area contributed by atoms with E-state index in [-0.39, 0.29) is 24.2 Å². The number of aryl methyl sites for hydroxylation is 2. The molecule has 0 radical (unpaired) electrons. The van der Waals surface area contributed by atoms with Gasteiger partial charge < -0.3 is 9.64 Å². The lowest BCUT2D eigenvalue weighted by atomic mass is 10.2. The first-order valence-electron chi connectivity index (χ1n) is 9.37. The summed E-state index contributed by atoms with van der Waals surface area (Å²) in [6.45, 7) is 4.92. The standard InChI is InChI=1S/C20H22FN5O2/c1-13-10-14(2)26-20(22-13)23-18(24-26)11-19(27)25-9-3-4-16(25)12-28-17-7-5-15(21)6-8-17/h5-8,10,16H,3-4,9,11-12H2,1-2H3. The minimum atomic E-state index is -0.301. The van der Waals surface area contributed by atoms with Gasteiger partial charge in [-0.2, -0.15) is 4.98 Å². The summed E-state index contributed by atoms with van der Waals surface area (Å²) >= 11 is 0. The maximum Gasteiger partial charge on any atom is 0.252 e. The van der Waals surface area contributed by atoms with E-state index in [9.17, 15) is 9.18 Å². The topological polar surface area (TPSA) is 72.6 Å². The number of likely N-dealkylation sites (tertiary alicyclic amines) is 1. The van der Waals surface area contributed by atoms with Crippen LogP contribution in [-0.2, 0) is 11.2 Å². The SMILES string of the molecule is Cc1cc(C)n2nc(CC(=O)N3CCCC3COc3ccc(F)cc3)nc2n1. The summed E-state index contributed by atoms with van der Waals surface area (Å²) < 4.78 is 20.4. The van der Waals surface area contributed by atoms with Crippen LogP contribution in [0.15, 0.2) is 30.3 Å². The lowest BCUT2D eigenvalue weighted by molar-refractivity contribution is -0.131. The third-order valence-corrected chi connectivity index (χ3v) is 4.92. The highest BCUT2D eigenvalue weighted by molar-refractivity contribution is 5.78. The smallest absolute Gasteiger partial charge is 0.252 e. The molecule has 1 aromatic carbocycles. The van der Waals surface area contributed by atoms with Crippen LogP contribution in [-0.4, -0.2) is 49.6 Å². The van der Waals surface area contributed by atoms with Crippen molar-refractivity contribution in [2.45, 2.75) is 39.2 Å². The van der Waals surface area contributed by atoms with E-state index in [1.807, 2.05) is 24.8 Å². The minimum Gasteiger partial charge on any atom is -0.491 e. The summed E-state index contributed by atoms with van der Waals surface area (Å²) in [5.41, 5.74) is 1.80. The minimum absolute atomic E-state index is 0.00306. The van der Waals surface area contributed by atoms with Gasteiger partial charge in [0.1, 0.15) is 18.2 Å². The highest BCUT2D eigenvalue weighted by Crippen LogP contribution is 2.20. The largest absolute Gasteiger partial charge is 0.491 e. The molecular formula is C20H22FN5O2. The second kappa shape index (κ2) is 7.53. The summed E-state index contributed by atoms with van der Waals surface area (Å²) in [5, 5.41) is 4.42. The maximum atomic E-state index is 13.0. The number of halogens is 1. The molecule has 2 aromatic heterocycles. The van der Waals surface area contributed by atoms with Gasteiger partial charge in [0, 0.05) is 17.9 Å². The number of ether oxygens (including phenoxy) is 1. The van der Waals surface area contributed by atoms with Gasteiger partial charge in [0.05, 0.1) is 12.5 Å². The van der Waals surface area contributed by atoms with E-state index >= 15 is 0 Å². The Kier molecular flexibility index (Phi) is 4.93. The number of nitrogens with zero attached hydrogens (tertiary/aromatic N) is 5. The van der Waals surface area contributed by atoms with Crippen LogP contribution in [0.25, 0.3) is 5.78 Å². The molecule has 1 amide bonds. The number of aromatic nitrogens is 4. The van der Waals surface area contributed by atoms with E-state index in [0.717, 1.165) is 24.2 Å². The summed E-state index contributed by atoms with van der Waals surface area (Å²) in [6, 6.07) is 7.83. The number of fused-ring (bicyclic) bond motifs is 1. The van der Waals surface area contributed by atoms with Crippen LogP contribution in [0.5, 0.6) is 5.75 Å². The van der Waals surface area contributed by atoms with E-state index in [0.29, 0.717) is 30.5 Å². The van der Waals surface area contributed by atoms with Crippen LogP contribution in [0, 0.1) is 19.7 Å². The molecule has 0 saturated carbocycles. The van der Waals surface area contributed by atoms with Gasteiger partial charge in [-0.05, 0) is 57.0 Å². The van der Waals surface area contributed by atoms with Gasteiger partial charge in [0.2, 0.25) is 5.91 Å². The summed E-state index contributed by atoms with van der Waals surface area (Å²) in [6.07, 6.45) is 1.95.